The molecule has 1 amide bonds. The number of hydrogen-bond acceptors (Lipinski definition) is 3. The Bertz CT molecular complexity index is 191. The normalized spacial score (nSPS) is 12.9. The molecule has 0 radical (unpaired) electrons. The molecule has 0 fully saturated rings. The minimum Gasteiger partial charge on any atom is -0.395 e. The van der Waals surface area contributed by atoms with E-state index in [9.17, 15) is 13.6 Å². The standard InChI is InChI=1S/C9H18F2N2O2/c1-2-3-7(12)9(15)13(4-5-14)6-8(10)11/h7-8,14H,2-6,12H2,1H3. The van der Waals surface area contributed by atoms with Gasteiger partial charge in [-0.05, 0) is 6.42 Å². The van der Waals surface area contributed by atoms with E-state index in [1.807, 2.05) is 6.92 Å². The fraction of sp³-hybridized carbons (Fsp3) is 0.889. The quantitative estimate of drug-likeness (QED) is 0.649. The van der Waals surface area contributed by atoms with Crippen LogP contribution in [0.25, 0.3) is 0 Å². The van der Waals surface area contributed by atoms with Gasteiger partial charge in [-0.3, -0.25) is 4.79 Å². The molecule has 0 aliphatic carbocycles. The van der Waals surface area contributed by atoms with Gasteiger partial charge in [0.05, 0.1) is 19.2 Å². The van der Waals surface area contributed by atoms with Gasteiger partial charge in [0.25, 0.3) is 6.43 Å². The number of rotatable bonds is 7. The van der Waals surface area contributed by atoms with E-state index < -0.39 is 24.9 Å². The zero-order valence-corrected chi connectivity index (χ0v) is 8.83. The van der Waals surface area contributed by atoms with Crippen molar-refractivity contribution in [3.63, 3.8) is 0 Å². The lowest BCUT2D eigenvalue weighted by Crippen LogP contribution is -2.46. The fourth-order valence-electron chi connectivity index (χ4n) is 1.25. The summed E-state index contributed by atoms with van der Waals surface area (Å²) in [7, 11) is 0. The first-order valence-electron chi connectivity index (χ1n) is 4.96. The van der Waals surface area contributed by atoms with Crippen molar-refractivity contribution in [2.75, 3.05) is 19.7 Å². The lowest BCUT2D eigenvalue weighted by atomic mass is 10.1. The van der Waals surface area contributed by atoms with Crippen LogP contribution in [0.15, 0.2) is 0 Å². The van der Waals surface area contributed by atoms with E-state index in [1.165, 1.54) is 0 Å². The van der Waals surface area contributed by atoms with Crippen molar-refractivity contribution in [1.82, 2.24) is 4.90 Å². The number of nitrogens with two attached hydrogens (primary N) is 1. The maximum absolute atomic E-state index is 12.1. The van der Waals surface area contributed by atoms with E-state index in [-0.39, 0.29) is 13.2 Å². The van der Waals surface area contributed by atoms with Crippen LogP contribution in [-0.4, -0.2) is 48.1 Å². The predicted molar refractivity (Wildman–Crippen MR) is 52.6 cm³/mol. The Hall–Kier alpha value is -0.750. The second-order valence-electron chi connectivity index (χ2n) is 3.29. The number of carbonyl (C=O) groups is 1. The van der Waals surface area contributed by atoms with Crippen LogP contribution in [0.3, 0.4) is 0 Å². The van der Waals surface area contributed by atoms with Crippen LogP contribution in [0.5, 0.6) is 0 Å². The lowest BCUT2D eigenvalue weighted by Gasteiger charge is -2.24. The Morgan fingerprint density at radius 1 is 1.53 bits per heavy atom. The maximum Gasteiger partial charge on any atom is 0.255 e. The zero-order chi connectivity index (χ0) is 11.8. The van der Waals surface area contributed by atoms with Crippen LogP contribution >= 0.6 is 0 Å². The van der Waals surface area contributed by atoms with Gasteiger partial charge in [0.1, 0.15) is 0 Å². The van der Waals surface area contributed by atoms with E-state index >= 15 is 0 Å². The van der Waals surface area contributed by atoms with Crippen molar-refractivity contribution in [1.29, 1.82) is 0 Å². The summed E-state index contributed by atoms with van der Waals surface area (Å²) in [5.41, 5.74) is 5.52. The Morgan fingerprint density at radius 3 is 2.53 bits per heavy atom. The molecule has 0 aliphatic rings. The molecule has 0 spiro atoms. The van der Waals surface area contributed by atoms with Crippen molar-refractivity contribution >= 4 is 5.91 Å². The summed E-state index contributed by atoms with van der Waals surface area (Å²) in [5.74, 6) is -0.522. The first-order valence-corrected chi connectivity index (χ1v) is 4.96. The number of halogens is 2. The van der Waals surface area contributed by atoms with E-state index in [1.54, 1.807) is 0 Å². The summed E-state index contributed by atoms with van der Waals surface area (Å²) >= 11 is 0. The number of nitrogens with zero attached hydrogens (tertiary/aromatic N) is 1. The van der Waals surface area contributed by atoms with Crippen molar-refractivity contribution < 1.29 is 18.7 Å². The van der Waals surface area contributed by atoms with E-state index in [0.717, 1.165) is 4.90 Å². The predicted octanol–water partition coefficient (Wildman–Crippen LogP) is 0.200. The van der Waals surface area contributed by atoms with Gasteiger partial charge >= 0.3 is 0 Å². The van der Waals surface area contributed by atoms with Gasteiger partial charge in [0.2, 0.25) is 5.91 Å². The Labute approximate surface area is 88.0 Å². The first-order chi connectivity index (χ1) is 7.02. The Kier molecular flexibility index (Phi) is 7.15. The molecular formula is C9H18F2N2O2. The van der Waals surface area contributed by atoms with E-state index in [2.05, 4.69) is 0 Å². The molecule has 6 heteroatoms. The molecular weight excluding hydrogens is 206 g/mol. The molecule has 3 N–H and O–H groups in total. The number of amides is 1. The first kappa shape index (κ1) is 14.2. The SMILES string of the molecule is CCCC(N)C(=O)N(CCO)CC(F)F. The van der Waals surface area contributed by atoms with Crippen molar-refractivity contribution in [2.45, 2.75) is 32.2 Å². The van der Waals surface area contributed by atoms with Gasteiger partial charge in [-0.15, -0.1) is 0 Å². The molecule has 0 aromatic rings. The van der Waals surface area contributed by atoms with Gasteiger partial charge in [0.15, 0.2) is 0 Å². The lowest BCUT2D eigenvalue weighted by molar-refractivity contribution is -0.135. The zero-order valence-electron chi connectivity index (χ0n) is 8.83. The van der Waals surface area contributed by atoms with Gasteiger partial charge in [-0.25, -0.2) is 8.78 Å². The summed E-state index contributed by atoms with van der Waals surface area (Å²) in [4.78, 5) is 12.4. The van der Waals surface area contributed by atoms with Gasteiger partial charge in [-0.1, -0.05) is 13.3 Å². The number of aliphatic hydroxyl groups is 1. The molecule has 0 saturated carbocycles. The molecule has 1 atom stereocenters. The van der Waals surface area contributed by atoms with Gasteiger partial charge in [-0.2, -0.15) is 0 Å². The van der Waals surface area contributed by atoms with Crippen LogP contribution in [-0.2, 0) is 4.79 Å². The molecule has 15 heavy (non-hydrogen) atoms. The molecule has 0 heterocycles. The molecule has 1 unspecified atom stereocenters. The van der Waals surface area contributed by atoms with Crippen LogP contribution in [0, 0.1) is 0 Å². The highest BCUT2D eigenvalue weighted by atomic mass is 19.3. The molecule has 0 saturated heterocycles. The highest BCUT2D eigenvalue weighted by molar-refractivity contribution is 5.81. The van der Waals surface area contributed by atoms with Crippen molar-refractivity contribution in [3.05, 3.63) is 0 Å². The van der Waals surface area contributed by atoms with Crippen LogP contribution in [0.2, 0.25) is 0 Å². The number of carbonyl (C=O) groups excluding carboxylic acids is 1. The summed E-state index contributed by atoms with van der Waals surface area (Å²) in [5, 5.41) is 8.63. The minimum absolute atomic E-state index is 0.0966. The van der Waals surface area contributed by atoms with Crippen LogP contribution in [0.1, 0.15) is 19.8 Å². The third-order valence-corrected chi connectivity index (χ3v) is 1.96. The maximum atomic E-state index is 12.1. The largest absolute Gasteiger partial charge is 0.395 e. The third kappa shape index (κ3) is 5.64. The number of hydrogen-bond donors (Lipinski definition) is 2. The van der Waals surface area contributed by atoms with E-state index in [4.69, 9.17) is 10.8 Å². The molecule has 0 aliphatic heterocycles. The number of aliphatic hydroxyl groups excluding tert-OH is 1. The average molecular weight is 224 g/mol. The highest BCUT2D eigenvalue weighted by Gasteiger charge is 2.22. The average Bonchev–Trinajstić information content (AvgIpc) is 2.16. The molecule has 0 aromatic carbocycles. The molecule has 0 bridgehead atoms. The topological polar surface area (TPSA) is 66.6 Å². The molecule has 4 nitrogen and oxygen atoms in total. The summed E-state index contributed by atoms with van der Waals surface area (Å²) in [6.45, 7) is 0.755. The summed E-state index contributed by atoms with van der Waals surface area (Å²) in [6, 6.07) is -0.750. The smallest absolute Gasteiger partial charge is 0.255 e. The highest BCUT2D eigenvalue weighted by Crippen LogP contribution is 2.03. The van der Waals surface area contributed by atoms with Crippen LogP contribution < -0.4 is 5.73 Å². The van der Waals surface area contributed by atoms with Gasteiger partial charge < -0.3 is 15.7 Å². The second-order valence-corrected chi connectivity index (χ2v) is 3.29. The van der Waals surface area contributed by atoms with Crippen molar-refractivity contribution in [2.24, 2.45) is 5.73 Å². The monoisotopic (exact) mass is 224 g/mol. The van der Waals surface area contributed by atoms with E-state index in [0.29, 0.717) is 12.8 Å². The summed E-state index contributed by atoms with van der Waals surface area (Å²) in [6.07, 6.45) is -1.42. The van der Waals surface area contributed by atoms with Crippen LogP contribution in [0.4, 0.5) is 8.78 Å². The van der Waals surface area contributed by atoms with Gasteiger partial charge in [0, 0.05) is 6.54 Å². The van der Waals surface area contributed by atoms with Crippen molar-refractivity contribution in [3.8, 4) is 0 Å². The molecule has 0 aromatic heterocycles. The molecule has 0 rings (SSSR count). The minimum atomic E-state index is -2.60. The fourth-order valence-corrected chi connectivity index (χ4v) is 1.25. The Morgan fingerprint density at radius 2 is 2.13 bits per heavy atom. The number of alkyl halides is 2. The molecule has 90 valence electrons. The second kappa shape index (κ2) is 7.53. The summed E-state index contributed by atoms with van der Waals surface area (Å²) < 4.78 is 24.2. The third-order valence-electron chi connectivity index (χ3n) is 1.96. The Balaban J connectivity index is 4.26.